The van der Waals surface area contributed by atoms with Crippen LogP contribution in [0.15, 0.2) is 221 Å². The van der Waals surface area contributed by atoms with Crippen molar-refractivity contribution in [2.75, 3.05) is 6.61 Å². The maximum atomic E-state index is 6.11. The van der Waals surface area contributed by atoms with Crippen molar-refractivity contribution in [1.29, 1.82) is 0 Å². The molecule has 0 aromatic heterocycles. The van der Waals surface area contributed by atoms with Gasteiger partial charge in [0.25, 0.3) is 0 Å². The van der Waals surface area contributed by atoms with Crippen molar-refractivity contribution < 1.29 is 4.74 Å². The van der Waals surface area contributed by atoms with Crippen LogP contribution in [0.4, 0.5) is 0 Å². The molecule has 0 amide bonds. The topological polar surface area (TPSA) is 9.23 Å². The van der Waals surface area contributed by atoms with E-state index in [-0.39, 0.29) is 10.9 Å². The smallest absolute Gasteiger partial charge is 0.208 e. The first kappa shape index (κ1) is 33.6. The van der Waals surface area contributed by atoms with Crippen molar-refractivity contribution in [3.63, 3.8) is 0 Å². The van der Waals surface area contributed by atoms with Gasteiger partial charge in [0.2, 0.25) is 4.90 Å². The molecule has 242 valence electrons. The van der Waals surface area contributed by atoms with E-state index in [4.69, 9.17) is 4.74 Å². The van der Waals surface area contributed by atoms with Gasteiger partial charge in [0.05, 0.1) is 6.61 Å². The molecule has 0 radical (unpaired) electrons. The molecule has 0 heterocycles. The summed E-state index contributed by atoms with van der Waals surface area (Å²) in [6.07, 6.45) is 1.01. The van der Waals surface area contributed by atoms with E-state index in [2.05, 4.69) is 213 Å². The van der Waals surface area contributed by atoms with Gasteiger partial charge in [-0.1, -0.05) is 183 Å². The molecule has 7 rings (SSSR count). The molecule has 0 saturated heterocycles. The van der Waals surface area contributed by atoms with Crippen molar-refractivity contribution in [3.8, 4) is 5.75 Å². The molecule has 0 aliphatic rings. The largest absolute Gasteiger partial charge is 0.488 e. The molecule has 7 aromatic rings. The molecule has 0 fully saturated rings. The predicted octanol–water partition coefficient (Wildman–Crippen LogP) is 9.02. The van der Waals surface area contributed by atoms with Crippen LogP contribution in [-0.4, -0.2) is 12.8 Å². The summed E-state index contributed by atoms with van der Waals surface area (Å²) in [7, 11) is -0.157. The highest BCUT2D eigenvalue weighted by atomic mass is 32.2. The lowest BCUT2D eigenvalue weighted by atomic mass is 9.13. The highest BCUT2D eigenvalue weighted by Gasteiger charge is 2.32. The molecule has 0 aliphatic heterocycles. The molecular formula is C46H43BOS. The molecule has 49 heavy (non-hydrogen) atoms. The van der Waals surface area contributed by atoms with Crippen LogP contribution >= 0.6 is 0 Å². The normalized spacial score (nSPS) is 11.0. The van der Waals surface area contributed by atoms with E-state index in [1.54, 1.807) is 0 Å². The number of benzene rings is 7. The molecule has 0 bridgehead atoms. The van der Waals surface area contributed by atoms with E-state index >= 15 is 0 Å². The molecule has 0 N–H and O–H groups in total. The second-order valence-electron chi connectivity index (χ2n) is 12.1. The maximum absolute atomic E-state index is 6.11. The van der Waals surface area contributed by atoms with Gasteiger partial charge < -0.3 is 4.74 Å². The Morgan fingerprint density at radius 1 is 0.408 bits per heavy atom. The van der Waals surface area contributed by atoms with Crippen LogP contribution in [0.1, 0.15) is 19.8 Å². The van der Waals surface area contributed by atoms with E-state index < -0.39 is 6.15 Å². The minimum Gasteiger partial charge on any atom is -0.488 e. The third-order valence-corrected chi connectivity index (χ3v) is 11.2. The molecule has 0 aliphatic carbocycles. The molecule has 3 heteroatoms. The average Bonchev–Trinajstić information content (AvgIpc) is 3.19. The van der Waals surface area contributed by atoms with Crippen LogP contribution in [0.5, 0.6) is 5.75 Å². The molecule has 7 aromatic carbocycles. The maximum Gasteiger partial charge on any atom is 0.208 e. The Morgan fingerprint density at radius 2 is 0.735 bits per heavy atom. The minimum absolute atomic E-state index is 0.157. The quantitative estimate of drug-likeness (QED) is 0.0769. The highest BCUT2D eigenvalue weighted by molar-refractivity contribution is 7.97. The zero-order valence-electron chi connectivity index (χ0n) is 28.1. The van der Waals surface area contributed by atoms with Crippen molar-refractivity contribution in [2.45, 2.75) is 34.5 Å². The Hall–Kier alpha value is -5.25. The van der Waals surface area contributed by atoms with E-state index in [1.807, 2.05) is 0 Å². The number of para-hydroxylation sites is 1. The number of unbranched alkanes of at least 4 members (excludes halogenated alkanes) is 1. The monoisotopic (exact) mass is 654 g/mol. The second kappa shape index (κ2) is 17.2. The number of hydrogen-bond donors (Lipinski definition) is 0. The Morgan fingerprint density at radius 3 is 1.10 bits per heavy atom. The summed E-state index contributed by atoms with van der Waals surface area (Å²) in [5, 5.41) is 0. The first-order chi connectivity index (χ1) is 24.3. The SMILES string of the molecule is CCCCOc1ccccc1[S+](c1ccccc1)c1ccccc1.c1ccc([B-](c2ccccc2)(c2ccccc2)c2ccccc2)cc1. The number of ether oxygens (including phenoxy) is 1. The standard InChI is InChI=1S/C24H20B.C22H23OS/c1-5-13-21(14-6-1)25(22-15-7-2-8-16-22,23-17-9-3-10-18-23)24-19-11-4-12-20-24;1-2-3-18-23-21-16-10-11-17-22(21)24(19-12-6-4-7-13-19)20-14-8-5-9-15-20/h1-20H;4-17H,2-3,18H2,1H3/q-1;+1. The predicted molar refractivity (Wildman–Crippen MR) is 212 cm³/mol. The third kappa shape index (κ3) is 7.91. The Bertz CT molecular complexity index is 1750. The van der Waals surface area contributed by atoms with Gasteiger partial charge in [-0.05, 0) is 42.8 Å². The summed E-state index contributed by atoms with van der Waals surface area (Å²) in [6.45, 7) is 2.96. The number of rotatable bonds is 11. The van der Waals surface area contributed by atoms with Gasteiger partial charge in [0.1, 0.15) is 17.0 Å². The van der Waals surface area contributed by atoms with Crippen LogP contribution in [0.25, 0.3) is 0 Å². The van der Waals surface area contributed by atoms with E-state index in [9.17, 15) is 0 Å². The van der Waals surface area contributed by atoms with Crippen molar-refractivity contribution in [2.24, 2.45) is 0 Å². The Balaban J connectivity index is 0.000000170. The van der Waals surface area contributed by atoms with Gasteiger partial charge in [-0.2, -0.15) is 21.9 Å². The Kier molecular flexibility index (Phi) is 11.8. The van der Waals surface area contributed by atoms with Gasteiger partial charge in [0.15, 0.2) is 15.5 Å². The summed E-state index contributed by atoms with van der Waals surface area (Å²) < 4.78 is 6.11. The van der Waals surface area contributed by atoms with Gasteiger partial charge >= 0.3 is 0 Å². The molecule has 0 unspecified atom stereocenters. The van der Waals surface area contributed by atoms with Gasteiger partial charge in [-0.15, -0.1) is 0 Å². The fourth-order valence-corrected chi connectivity index (χ4v) is 8.87. The fraction of sp³-hybridized carbons (Fsp3) is 0.0870. The average molecular weight is 655 g/mol. The lowest BCUT2D eigenvalue weighted by Gasteiger charge is -2.44. The zero-order valence-corrected chi connectivity index (χ0v) is 29.0. The van der Waals surface area contributed by atoms with E-state index in [0.717, 1.165) is 25.2 Å². The second-order valence-corrected chi connectivity index (χ2v) is 14.1. The Labute approximate surface area is 295 Å². The lowest BCUT2D eigenvalue weighted by Crippen LogP contribution is -2.74. The lowest BCUT2D eigenvalue weighted by molar-refractivity contribution is 0.302. The van der Waals surface area contributed by atoms with Crippen LogP contribution in [0.2, 0.25) is 0 Å². The molecule has 1 nitrogen and oxygen atoms in total. The molecular weight excluding hydrogens is 611 g/mol. The van der Waals surface area contributed by atoms with Crippen LogP contribution in [0.3, 0.4) is 0 Å². The fourth-order valence-electron chi connectivity index (χ4n) is 6.69. The van der Waals surface area contributed by atoms with Gasteiger partial charge in [-0.3, -0.25) is 0 Å². The summed E-state index contributed by atoms with van der Waals surface area (Å²) >= 11 is 0. The van der Waals surface area contributed by atoms with Crippen LogP contribution in [-0.2, 0) is 10.9 Å². The first-order valence-corrected chi connectivity index (χ1v) is 18.5. The van der Waals surface area contributed by atoms with Crippen molar-refractivity contribution in [3.05, 3.63) is 206 Å². The molecule has 0 spiro atoms. The summed E-state index contributed by atoms with van der Waals surface area (Å²) in [4.78, 5) is 3.89. The van der Waals surface area contributed by atoms with Crippen LogP contribution < -0.4 is 26.6 Å². The van der Waals surface area contributed by atoms with Gasteiger partial charge in [0, 0.05) is 0 Å². The highest BCUT2D eigenvalue weighted by Crippen LogP contribution is 2.36. The summed E-state index contributed by atoms with van der Waals surface area (Å²) in [5.74, 6) is 1.00. The first-order valence-electron chi connectivity index (χ1n) is 17.3. The minimum atomic E-state index is -1.22. The van der Waals surface area contributed by atoms with Crippen molar-refractivity contribution >= 4 is 38.9 Å². The molecule has 0 atom stereocenters. The van der Waals surface area contributed by atoms with E-state index in [0.29, 0.717) is 0 Å². The molecule has 0 saturated carbocycles. The number of hydrogen-bond acceptors (Lipinski definition) is 1. The zero-order chi connectivity index (χ0) is 33.6. The van der Waals surface area contributed by atoms with Crippen LogP contribution in [0, 0.1) is 0 Å². The summed E-state index contributed by atoms with van der Waals surface area (Å²) in [6, 6.07) is 73.4. The van der Waals surface area contributed by atoms with Crippen molar-refractivity contribution in [1.82, 2.24) is 0 Å². The third-order valence-electron chi connectivity index (χ3n) is 8.98. The van der Waals surface area contributed by atoms with Gasteiger partial charge in [-0.25, -0.2) is 0 Å². The van der Waals surface area contributed by atoms with E-state index in [1.165, 1.54) is 36.5 Å². The summed E-state index contributed by atoms with van der Waals surface area (Å²) in [5.41, 5.74) is 5.36.